The zero-order valence-electron chi connectivity index (χ0n) is 11.7. The van der Waals surface area contributed by atoms with Crippen LogP contribution >= 0.6 is 11.8 Å². The van der Waals surface area contributed by atoms with Crippen LogP contribution in [0.1, 0.15) is 5.76 Å². The Morgan fingerprint density at radius 3 is 2.64 bits per heavy atom. The molecule has 1 N–H and O–H groups in total. The van der Waals surface area contributed by atoms with Gasteiger partial charge in [-0.15, -0.1) is 0 Å². The van der Waals surface area contributed by atoms with Gasteiger partial charge in [-0.3, -0.25) is 5.43 Å². The van der Waals surface area contributed by atoms with E-state index in [4.69, 9.17) is 4.42 Å². The van der Waals surface area contributed by atoms with Gasteiger partial charge in [-0.2, -0.15) is 5.10 Å². The van der Waals surface area contributed by atoms with E-state index >= 15 is 0 Å². The predicted molar refractivity (Wildman–Crippen MR) is 91.9 cm³/mol. The van der Waals surface area contributed by atoms with Gasteiger partial charge in [0.05, 0.1) is 5.69 Å². The molecule has 3 aromatic rings. The third-order valence-corrected chi connectivity index (χ3v) is 4.20. The van der Waals surface area contributed by atoms with Crippen molar-refractivity contribution in [2.75, 3.05) is 5.75 Å². The van der Waals surface area contributed by atoms with Crippen LogP contribution in [0.25, 0.3) is 11.0 Å². The summed E-state index contributed by atoms with van der Waals surface area (Å²) >= 11 is 1.62. The lowest BCUT2D eigenvalue weighted by molar-refractivity contribution is 0.603. The molecule has 5 heteroatoms. The first-order valence-corrected chi connectivity index (χ1v) is 7.95. The van der Waals surface area contributed by atoms with Crippen molar-refractivity contribution in [1.82, 2.24) is 5.43 Å². The highest BCUT2D eigenvalue weighted by Gasteiger charge is 2.16. The normalized spacial score (nSPS) is 16.5. The molecule has 22 heavy (non-hydrogen) atoms. The minimum absolute atomic E-state index is 0.735. The number of nitrogens with one attached hydrogen (secondary N) is 1. The molecular weight excluding hydrogens is 294 g/mol. The average Bonchev–Trinajstić information content (AvgIpc) is 3.00. The highest BCUT2D eigenvalue weighted by Crippen LogP contribution is 2.23. The summed E-state index contributed by atoms with van der Waals surface area (Å²) in [6, 6.07) is 19.8. The van der Waals surface area contributed by atoms with Crippen LogP contribution < -0.4 is 5.43 Å². The zero-order valence-corrected chi connectivity index (χ0v) is 12.5. The molecule has 0 fully saturated rings. The number of hydrogen-bond acceptors (Lipinski definition) is 4. The average molecular weight is 307 g/mol. The molecule has 1 aliphatic rings. The van der Waals surface area contributed by atoms with Crippen molar-refractivity contribution < 1.29 is 4.42 Å². The molecule has 2 aromatic carbocycles. The van der Waals surface area contributed by atoms with Gasteiger partial charge in [0.15, 0.2) is 10.9 Å². The van der Waals surface area contributed by atoms with Gasteiger partial charge in [-0.1, -0.05) is 48.2 Å². The molecule has 2 heterocycles. The minimum atomic E-state index is 0.735. The number of hydrazone groups is 1. The van der Waals surface area contributed by atoms with Crippen molar-refractivity contribution in [3.8, 4) is 0 Å². The molecule has 0 radical (unpaired) electrons. The van der Waals surface area contributed by atoms with E-state index in [2.05, 4.69) is 15.5 Å². The van der Waals surface area contributed by atoms with Crippen molar-refractivity contribution in [3.63, 3.8) is 0 Å². The SMILES string of the molecule is c1ccc(N=C2NN=C(c3cc4ccccc4o3)CS2)cc1. The maximum absolute atomic E-state index is 5.84. The zero-order chi connectivity index (χ0) is 14.8. The first kappa shape index (κ1) is 13.2. The van der Waals surface area contributed by atoms with Gasteiger partial charge in [-0.25, -0.2) is 4.99 Å². The molecule has 0 amide bonds. The van der Waals surface area contributed by atoms with Crippen LogP contribution in [0.3, 0.4) is 0 Å². The molecule has 0 atom stereocenters. The molecule has 0 aliphatic carbocycles. The van der Waals surface area contributed by atoms with Gasteiger partial charge in [0.1, 0.15) is 11.3 Å². The summed E-state index contributed by atoms with van der Waals surface area (Å²) in [6.45, 7) is 0. The van der Waals surface area contributed by atoms with Crippen LogP contribution in [-0.4, -0.2) is 16.6 Å². The summed E-state index contributed by atoms with van der Waals surface area (Å²) in [5.41, 5.74) is 5.70. The number of amidine groups is 1. The second-order valence-corrected chi connectivity index (χ2v) is 5.82. The number of fused-ring (bicyclic) bond motifs is 1. The topological polar surface area (TPSA) is 49.9 Å². The Kier molecular flexibility index (Phi) is 3.40. The van der Waals surface area contributed by atoms with E-state index in [0.29, 0.717) is 0 Å². The Balaban J connectivity index is 1.57. The Morgan fingerprint density at radius 2 is 1.86 bits per heavy atom. The van der Waals surface area contributed by atoms with Crippen molar-refractivity contribution >= 4 is 39.3 Å². The number of rotatable bonds is 2. The van der Waals surface area contributed by atoms with Crippen LogP contribution in [0.2, 0.25) is 0 Å². The third-order valence-electron chi connectivity index (χ3n) is 3.33. The lowest BCUT2D eigenvalue weighted by atomic mass is 10.2. The van der Waals surface area contributed by atoms with Crippen LogP contribution in [0, 0.1) is 0 Å². The summed E-state index contributed by atoms with van der Waals surface area (Å²) in [6.07, 6.45) is 0. The highest BCUT2D eigenvalue weighted by atomic mass is 32.2. The maximum atomic E-state index is 5.84. The number of thioether (sulfide) groups is 1. The molecule has 4 rings (SSSR count). The van der Waals surface area contributed by atoms with Gasteiger partial charge in [0.25, 0.3) is 0 Å². The number of furan rings is 1. The summed E-state index contributed by atoms with van der Waals surface area (Å²) in [4.78, 5) is 4.52. The molecule has 1 aliphatic heterocycles. The number of benzene rings is 2. The van der Waals surface area contributed by atoms with Crippen molar-refractivity contribution in [1.29, 1.82) is 0 Å². The van der Waals surface area contributed by atoms with Crippen molar-refractivity contribution in [2.45, 2.75) is 0 Å². The van der Waals surface area contributed by atoms with E-state index in [-0.39, 0.29) is 0 Å². The molecule has 0 spiro atoms. The number of para-hydroxylation sites is 2. The Labute approximate surface area is 131 Å². The van der Waals surface area contributed by atoms with Crippen LogP contribution in [0.4, 0.5) is 5.69 Å². The first-order valence-electron chi connectivity index (χ1n) is 6.96. The Hall–Kier alpha value is -2.53. The van der Waals surface area contributed by atoms with E-state index in [1.165, 1.54) is 0 Å². The number of aliphatic imine (C=N–C) groups is 1. The maximum Gasteiger partial charge on any atom is 0.182 e. The minimum Gasteiger partial charge on any atom is -0.455 e. The molecule has 4 nitrogen and oxygen atoms in total. The smallest absolute Gasteiger partial charge is 0.182 e. The first-order chi connectivity index (χ1) is 10.9. The Bertz CT molecular complexity index is 835. The monoisotopic (exact) mass is 307 g/mol. The van der Waals surface area contributed by atoms with Gasteiger partial charge in [-0.05, 0) is 24.3 Å². The van der Waals surface area contributed by atoms with E-state index in [9.17, 15) is 0 Å². The van der Waals surface area contributed by atoms with Crippen LogP contribution in [0.15, 0.2) is 75.2 Å². The molecular formula is C17H13N3OS. The van der Waals surface area contributed by atoms with E-state index in [1.54, 1.807) is 11.8 Å². The van der Waals surface area contributed by atoms with E-state index in [0.717, 1.165) is 39.0 Å². The molecule has 0 saturated carbocycles. The van der Waals surface area contributed by atoms with Crippen molar-refractivity contribution in [2.24, 2.45) is 10.1 Å². The molecule has 0 unspecified atom stereocenters. The van der Waals surface area contributed by atoms with Crippen LogP contribution in [-0.2, 0) is 0 Å². The number of nitrogens with zero attached hydrogens (tertiary/aromatic N) is 2. The molecule has 1 aromatic heterocycles. The van der Waals surface area contributed by atoms with Crippen LogP contribution in [0.5, 0.6) is 0 Å². The summed E-state index contributed by atoms with van der Waals surface area (Å²) < 4.78 is 5.84. The van der Waals surface area contributed by atoms with E-state index in [1.807, 2.05) is 60.7 Å². The summed E-state index contributed by atoms with van der Waals surface area (Å²) in [7, 11) is 0. The second kappa shape index (κ2) is 5.69. The van der Waals surface area contributed by atoms with Crippen molar-refractivity contribution in [3.05, 3.63) is 66.4 Å². The fourth-order valence-electron chi connectivity index (χ4n) is 2.24. The largest absolute Gasteiger partial charge is 0.455 e. The lowest BCUT2D eigenvalue weighted by Crippen LogP contribution is -2.24. The van der Waals surface area contributed by atoms with Gasteiger partial charge >= 0.3 is 0 Å². The molecule has 0 bridgehead atoms. The molecule has 108 valence electrons. The predicted octanol–water partition coefficient (Wildman–Crippen LogP) is 4.16. The standard InChI is InChI=1S/C17H13N3OS/c1-2-7-13(8-3-1)18-17-20-19-14(11-22-17)16-10-12-6-4-5-9-15(12)21-16/h1-10H,11H2,(H,18,20). The quantitative estimate of drug-likeness (QED) is 0.773. The second-order valence-electron chi connectivity index (χ2n) is 4.86. The highest BCUT2D eigenvalue weighted by molar-refractivity contribution is 8.14. The lowest BCUT2D eigenvalue weighted by Gasteiger charge is -2.12. The van der Waals surface area contributed by atoms with Gasteiger partial charge in [0, 0.05) is 11.1 Å². The fourth-order valence-corrected chi connectivity index (χ4v) is 3.00. The van der Waals surface area contributed by atoms with Gasteiger partial charge in [0.2, 0.25) is 0 Å². The third kappa shape index (κ3) is 2.63. The Morgan fingerprint density at radius 1 is 1.05 bits per heavy atom. The summed E-state index contributed by atoms with van der Waals surface area (Å²) in [5.74, 6) is 1.54. The fraction of sp³-hybridized carbons (Fsp3) is 0.0588. The number of hydrogen-bond donors (Lipinski definition) is 1. The van der Waals surface area contributed by atoms with E-state index < -0.39 is 0 Å². The van der Waals surface area contributed by atoms with Gasteiger partial charge < -0.3 is 4.42 Å². The summed E-state index contributed by atoms with van der Waals surface area (Å²) in [5, 5.41) is 6.28. The molecule has 0 saturated heterocycles.